The number of hydrogen-bond donors (Lipinski definition) is 0. The zero-order chi connectivity index (χ0) is 9.38. The van der Waals surface area contributed by atoms with E-state index in [1.807, 2.05) is 6.07 Å². The Kier molecular flexibility index (Phi) is 1.69. The van der Waals surface area contributed by atoms with Crippen molar-refractivity contribution in [3.63, 3.8) is 0 Å². The van der Waals surface area contributed by atoms with Crippen molar-refractivity contribution in [2.24, 2.45) is 0 Å². The molecule has 0 saturated carbocycles. The van der Waals surface area contributed by atoms with E-state index in [0.29, 0.717) is 0 Å². The van der Waals surface area contributed by atoms with Crippen molar-refractivity contribution in [2.45, 2.75) is 19.3 Å². The summed E-state index contributed by atoms with van der Waals surface area (Å²) in [6, 6.07) is 2.04. The molecule has 0 atom stereocenters. The van der Waals surface area contributed by atoms with Crippen LogP contribution in [-0.2, 0) is 0 Å². The van der Waals surface area contributed by atoms with Crippen LogP contribution >= 0.6 is 0 Å². The molecule has 3 rings (SSSR count). The summed E-state index contributed by atoms with van der Waals surface area (Å²) in [5, 5.41) is 0. The van der Waals surface area contributed by atoms with Gasteiger partial charge in [-0.05, 0) is 37.0 Å². The van der Waals surface area contributed by atoms with Crippen molar-refractivity contribution in [2.75, 3.05) is 0 Å². The Labute approximate surface area is 83.4 Å². The zero-order valence-electron chi connectivity index (χ0n) is 7.99. The lowest BCUT2D eigenvalue weighted by atomic mass is 10.0. The van der Waals surface area contributed by atoms with Crippen LogP contribution in [0, 0.1) is 0 Å². The number of hydrogen-bond acceptors (Lipinski definition) is 1. The Morgan fingerprint density at radius 3 is 3.21 bits per heavy atom. The minimum absolute atomic E-state index is 1.00. The van der Waals surface area contributed by atoms with Crippen molar-refractivity contribution in [3.05, 3.63) is 47.0 Å². The van der Waals surface area contributed by atoms with E-state index in [2.05, 4.69) is 24.3 Å². The molecule has 2 aliphatic carbocycles. The Morgan fingerprint density at radius 2 is 2.21 bits per heavy atom. The molecule has 0 N–H and O–H groups in total. The minimum Gasteiger partial charge on any atom is -0.464 e. The van der Waals surface area contributed by atoms with E-state index < -0.39 is 0 Å². The molecule has 0 fully saturated rings. The molecule has 70 valence electrons. The predicted octanol–water partition coefficient (Wildman–Crippen LogP) is 3.80. The van der Waals surface area contributed by atoms with Crippen molar-refractivity contribution < 1.29 is 4.42 Å². The van der Waals surface area contributed by atoms with Gasteiger partial charge in [0.05, 0.1) is 6.26 Å². The van der Waals surface area contributed by atoms with Crippen molar-refractivity contribution in [3.8, 4) is 0 Å². The predicted molar refractivity (Wildman–Crippen MR) is 57.7 cm³/mol. The van der Waals surface area contributed by atoms with Crippen molar-refractivity contribution in [1.82, 2.24) is 0 Å². The fourth-order valence-corrected chi connectivity index (χ4v) is 2.09. The maximum atomic E-state index is 5.43. The van der Waals surface area contributed by atoms with Gasteiger partial charge in [-0.3, -0.25) is 0 Å². The van der Waals surface area contributed by atoms with Gasteiger partial charge in [-0.1, -0.05) is 23.8 Å². The smallest absolute Gasteiger partial charge is 0.134 e. The van der Waals surface area contributed by atoms with Crippen LogP contribution in [0.15, 0.2) is 40.0 Å². The van der Waals surface area contributed by atoms with E-state index in [-0.39, 0.29) is 0 Å². The molecule has 2 bridgehead atoms. The SMILES string of the molecule is C1=CC2=Cc3occc3C=C(CC1)C2. The minimum atomic E-state index is 1.00. The summed E-state index contributed by atoms with van der Waals surface area (Å²) in [5.74, 6) is 1.00. The molecule has 1 heteroatoms. The van der Waals surface area contributed by atoms with Gasteiger partial charge in [0.1, 0.15) is 5.76 Å². The second-order valence-corrected chi connectivity index (χ2v) is 3.88. The number of allylic oxidation sites excluding steroid dienone is 4. The van der Waals surface area contributed by atoms with Crippen LogP contribution in [-0.4, -0.2) is 0 Å². The Bertz CT molecular complexity index is 444. The first-order valence-corrected chi connectivity index (χ1v) is 5.06. The van der Waals surface area contributed by atoms with Crippen molar-refractivity contribution in [1.29, 1.82) is 0 Å². The molecule has 0 radical (unpaired) electrons. The van der Waals surface area contributed by atoms with E-state index in [1.54, 1.807) is 6.26 Å². The molecule has 0 saturated heterocycles. The Morgan fingerprint density at radius 1 is 1.21 bits per heavy atom. The Balaban J connectivity index is 2.20. The summed E-state index contributed by atoms with van der Waals surface area (Å²) < 4.78 is 5.43. The fraction of sp³-hybridized carbons (Fsp3) is 0.231. The molecule has 14 heavy (non-hydrogen) atoms. The van der Waals surface area contributed by atoms with E-state index in [0.717, 1.165) is 18.6 Å². The van der Waals surface area contributed by atoms with Gasteiger partial charge in [0.25, 0.3) is 0 Å². The molecule has 1 heterocycles. The van der Waals surface area contributed by atoms with E-state index in [9.17, 15) is 0 Å². The number of rotatable bonds is 0. The molecule has 0 amide bonds. The lowest BCUT2D eigenvalue weighted by molar-refractivity contribution is 0.556. The molecular weight excluding hydrogens is 172 g/mol. The van der Waals surface area contributed by atoms with Crippen LogP contribution < -0.4 is 0 Å². The molecule has 1 aromatic rings. The van der Waals surface area contributed by atoms with Crippen LogP contribution in [0.25, 0.3) is 12.2 Å². The fourth-order valence-electron chi connectivity index (χ4n) is 2.09. The van der Waals surface area contributed by atoms with Gasteiger partial charge < -0.3 is 4.42 Å². The average molecular weight is 184 g/mol. The monoisotopic (exact) mass is 184 g/mol. The average Bonchev–Trinajstić information content (AvgIpc) is 2.42. The van der Waals surface area contributed by atoms with Gasteiger partial charge in [-0.25, -0.2) is 0 Å². The van der Waals surface area contributed by atoms with Gasteiger partial charge in [0, 0.05) is 5.56 Å². The van der Waals surface area contributed by atoms with E-state index in [1.165, 1.54) is 23.1 Å². The summed E-state index contributed by atoms with van der Waals surface area (Å²) in [6.45, 7) is 0. The van der Waals surface area contributed by atoms with Crippen LogP contribution in [0.4, 0.5) is 0 Å². The van der Waals surface area contributed by atoms with Crippen molar-refractivity contribution >= 4 is 12.2 Å². The molecule has 0 spiro atoms. The first kappa shape index (κ1) is 7.86. The molecule has 1 aromatic heterocycles. The maximum Gasteiger partial charge on any atom is 0.134 e. The third-order valence-electron chi connectivity index (χ3n) is 2.80. The Hall–Kier alpha value is -1.50. The van der Waals surface area contributed by atoms with Crippen LogP contribution in [0.5, 0.6) is 0 Å². The van der Waals surface area contributed by atoms with E-state index in [4.69, 9.17) is 4.42 Å². The highest BCUT2D eigenvalue weighted by molar-refractivity contribution is 5.69. The van der Waals surface area contributed by atoms with Gasteiger partial charge in [0.2, 0.25) is 0 Å². The molecular formula is C13H12O. The molecule has 0 aliphatic heterocycles. The first-order valence-electron chi connectivity index (χ1n) is 5.06. The van der Waals surface area contributed by atoms with Gasteiger partial charge in [-0.2, -0.15) is 0 Å². The van der Waals surface area contributed by atoms with Gasteiger partial charge in [-0.15, -0.1) is 0 Å². The highest BCUT2D eigenvalue weighted by Crippen LogP contribution is 2.31. The molecule has 1 nitrogen and oxygen atoms in total. The lowest BCUT2D eigenvalue weighted by Crippen LogP contribution is -1.80. The quantitative estimate of drug-likeness (QED) is 0.597. The second-order valence-electron chi connectivity index (χ2n) is 3.88. The number of fused-ring (bicyclic) bond motifs is 3. The summed E-state index contributed by atoms with van der Waals surface area (Å²) in [4.78, 5) is 0. The lowest BCUT2D eigenvalue weighted by Gasteiger charge is -2.00. The normalized spacial score (nSPS) is 19.1. The maximum absolute atomic E-state index is 5.43. The van der Waals surface area contributed by atoms with Crippen LogP contribution in [0.3, 0.4) is 0 Å². The summed E-state index contributed by atoms with van der Waals surface area (Å²) in [5.41, 5.74) is 4.11. The van der Waals surface area contributed by atoms with Crippen LogP contribution in [0.2, 0.25) is 0 Å². The largest absolute Gasteiger partial charge is 0.464 e. The highest BCUT2D eigenvalue weighted by atomic mass is 16.3. The molecule has 0 aromatic carbocycles. The third-order valence-corrected chi connectivity index (χ3v) is 2.80. The first-order chi connectivity index (χ1) is 6.92. The third kappa shape index (κ3) is 1.25. The summed E-state index contributed by atoms with van der Waals surface area (Å²) in [7, 11) is 0. The zero-order valence-corrected chi connectivity index (χ0v) is 7.99. The molecule has 0 unspecified atom stereocenters. The van der Waals surface area contributed by atoms with Gasteiger partial charge >= 0.3 is 0 Å². The van der Waals surface area contributed by atoms with E-state index >= 15 is 0 Å². The standard InChI is InChI=1S/C13H12O/c1-2-4-11-7-10(3-1)8-12-5-6-14-13(12)9-11/h2,4-6,8-9H,1,3,7H2. The second kappa shape index (κ2) is 3.02. The number of furan rings is 1. The van der Waals surface area contributed by atoms with Gasteiger partial charge in [0.15, 0.2) is 0 Å². The topological polar surface area (TPSA) is 13.1 Å². The highest BCUT2D eigenvalue weighted by Gasteiger charge is 2.12. The van der Waals surface area contributed by atoms with Crippen LogP contribution in [0.1, 0.15) is 30.6 Å². The molecule has 2 aliphatic rings. The summed E-state index contributed by atoms with van der Waals surface area (Å²) in [6.07, 6.45) is 14.1. The summed E-state index contributed by atoms with van der Waals surface area (Å²) >= 11 is 0.